The van der Waals surface area contributed by atoms with Gasteiger partial charge >= 0.3 is 0 Å². The lowest BCUT2D eigenvalue weighted by molar-refractivity contribution is -0.384. The molecule has 0 spiro atoms. The van der Waals surface area contributed by atoms with Crippen LogP contribution in [0.2, 0.25) is 0 Å². The molecule has 8 heteroatoms. The second-order valence-corrected chi connectivity index (χ2v) is 4.23. The Morgan fingerprint density at radius 2 is 2.09 bits per heavy atom. The highest BCUT2D eigenvalue weighted by atomic mass is 16.6. The molecule has 8 nitrogen and oxygen atoms in total. The summed E-state index contributed by atoms with van der Waals surface area (Å²) in [6.07, 6.45) is 4.73. The number of nitro groups is 1. The number of rotatable bonds is 6. The maximum absolute atomic E-state index is 11.6. The van der Waals surface area contributed by atoms with E-state index in [1.165, 1.54) is 18.3 Å². The molecule has 112 valence electrons. The van der Waals surface area contributed by atoms with Gasteiger partial charge in [-0.1, -0.05) is 6.07 Å². The Morgan fingerprint density at radius 3 is 2.82 bits per heavy atom. The number of pyridine rings is 1. The summed E-state index contributed by atoms with van der Waals surface area (Å²) in [6, 6.07) is 9.41. The van der Waals surface area contributed by atoms with E-state index >= 15 is 0 Å². The van der Waals surface area contributed by atoms with Crippen molar-refractivity contribution in [3.8, 4) is 0 Å². The number of anilines is 1. The molecule has 22 heavy (non-hydrogen) atoms. The lowest BCUT2D eigenvalue weighted by atomic mass is 10.3. The summed E-state index contributed by atoms with van der Waals surface area (Å²) in [5, 5.41) is 17.2. The molecule has 0 radical (unpaired) electrons. The second-order valence-electron chi connectivity index (χ2n) is 4.23. The molecule has 0 aliphatic carbocycles. The first-order chi connectivity index (χ1) is 10.6. The van der Waals surface area contributed by atoms with Crippen LogP contribution in [0.4, 0.5) is 11.4 Å². The molecule has 0 saturated carbocycles. The summed E-state index contributed by atoms with van der Waals surface area (Å²) in [6.45, 7) is -0.0468. The molecular formula is C14H13N5O3. The Bertz CT molecular complexity index is 688. The molecule has 2 aromatic rings. The molecule has 1 aromatic heterocycles. The Hall–Kier alpha value is -3.29. The van der Waals surface area contributed by atoms with Crippen LogP contribution in [-0.4, -0.2) is 28.6 Å². The van der Waals surface area contributed by atoms with Gasteiger partial charge in [0.2, 0.25) is 0 Å². The number of aromatic nitrogens is 1. The van der Waals surface area contributed by atoms with Crippen molar-refractivity contribution in [2.75, 3.05) is 11.9 Å². The zero-order valence-electron chi connectivity index (χ0n) is 11.5. The van der Waals surface area contributed by atoms with E-state index in [1.807, 2.05) is 0 Å². The van der Waals surface area contributed by atoms with Crippen molar-refractivity contribution in [2.45, 2.75) is 0 Å². The Labute approximate surface area is 126 Å². The van der Waals surface area contributed by atoms with Gasteiger partial charge in [-0.05, 0) is 23.8 Å². The maximum Gasteiger partial charge on any atom is 0.271 e. The third kappa shape index (κ3) is 4.67. The highest BCUT2D eigenvalue weighted by Crippen LogP contribution is 2.16. The number of nitrogens with zero attached hydrogens (tertiary/aromatic N) is 3. The summed E-state index contributed by atoms with van der Waals surface area (Å²) in [7, 11) is 0. The molecule has 0 saturated heterocycles. The molecule has 0 bridgehead atoms. The van der Waals surface area contributed by atoms with E-state index in [-0.39, 0.29) is 18.1 Å². The molecule has 2 rings (SSSR count). The van der Waals surface area contributed by atoms with E-state index in [0.29, 0.717) is 5.69 Å². The molecule has 1 aromatic carbocycles. The minimum absolute atomic E-state index is 0.0406. The summed E-state index contributed by atoms with van der Waals surface area (Å²) in [4.78, 5) is 25.6. The van der Waals surface area contributed by atoms with Gasteiger partial charge in [0.1, 0.15) is 0 Å². The first kappa shape index (κ1) is 15.1. The van der Waals surface area contributed by atoms with E-state index in [1.54, 1.807) is 36.7 Å². The average Bonchev–Trinajstić information content (AvgIpc) is 2.54. The van der Waals surface area contributed by atoms with Crippen LogP contribution in [-0.2, 0) is 4.79 Å². The molecule has 1 amide bonds. The van der Waals surface area contributed by atoms with Crippen LogP contribution in [0.3, 0.4) is 0 Å². The van der Waals surface area contributed by atoms with Crippen LogP contribution in [0.1, 0.15) is 5.56 Å². The number of nitrogens with one attached hydrogen (secondary N) is 2. The van der Waals surface area contributed by atoms with E-state index in [0.717, 1.165) is 5.56 Å². The fourth-order valence-electron chi connectivity index (χ4n) is 1.58. The molecule has 0 atom stereocenters. The van der Waals surface area contributed by atoms with Crippen LogP contribution in [0, 0.1) is 10.1 Å². The van der Waals surface area contributed by atoms with E-state index in [4.69, 9.17) is 0 Å². The van der Waals surface area contributed by atoms with Crippen LogP contribution in [0.15, 0.2) is 53.9 Å². The van der Waals surface area contributed by atoms with Crippen molar-refractivity contribution in [2.24, 2.45) is 5.10 Å². The van der Waals surface area contributed by atoms with Gasteiger partial charge in [0.05, 0.1) is 17.7 Å². The number of carbonyl (C=O) groups excluding carboxylic acids is 1. The normalized spacial score (nSPS) is 10.4. The third-order valence-corrected chi connectivity index (χ3v) is 2.62. The van der Waals surface area contributed by atoms with Crippen molar-refractivity contribution in [3.63, 3.8) is 0 Å². The lowest BCUT2D eigenvalue weighted by Gasteiger charge is -2.04. The van der Waals surface area contributed by atoms with Gasteiger partial charge in [0.25, 0.3) is 11.6 Å². The largest absolute Gasteiger partial charge is 0.376 e. The number of nitro benzene ring substituents is 1. The number of hydrazone groups is 1. The van der Waals surface area contributed by atoms with Gasteiger partial charge in [0.15, 0.2) is 0 Å². The monoisotopic (exact) mass is 299 g/mol. The maximum atomic E-state index is 11.6. The number of carbonyl (C=O) groups is 1. The molecule has 2 N–H and O–H groups in total. The fraction of sp³-hybridized carbons (Fsp3) is 0.0714. The van der Waals surface area contributed by atoms with Gasteiger partial charge in [0, 0.05) is 30.2 Å². The first-order valence-electron chi connectivity index (χ1n) is 6.35. The Kier molecular flexibility index (Phi) is 5.14. The van der Waals surface area contributed by atoms with Gasteiger partial charge in [-0.2, -0.15) is 5.10 Å². The van der Waals surface area contributed by atoms with Crippen LogP contribution in [0.25, 0.3) is 0 Å². The minimum atomic E-state index is -0.496. The average molecular weight is 299 g/mol. The third-order valence-electron chi connectivity index (χ3n) is 2.62. The fourth-order valence-corrected chi connectivity index (χ4v) is 1.58. The van der Waals surface area contributed by atoms with Crippen LogP contribution < -0.4 is 10.7 Å². The van der Waals surface area contributed by atoms with Crippen molar-refractivity contribution in [1.29, 1.82) is 0 Å². The summed E-state index contributed by atoms with van der Waals surface area (Å²) >= 11 is 0. The standard InChI is InChI=1S/C14H13N5O3/c20-14(18-17-9-11-4-6-15-7-5-11)10-16-12-2-1-3-13(8-12)19(21)22/h1-9,16H,10H2,(H,18,20)/b17-9+. The van der Waals surface area contributed by atoms with Crippen LogP contribution in [0.5, 0.6) is 0 Å². The molecule has 0 unspecified atom stereocenters. The van der Waals surface area contributed by atoms with Gasteiger partial charge in [-0.15, -0.1) is 0 Å². The minimum Gasteiger partial charge on any atom is -0.376 e. The quantitative estimate of drug-likeness (QED) is 0.478. The number of non-ortho nitro benzene ring substituents is 1. The zero-order valence-corrected chi connectivity index (χ0v) is 11.5. The van der Waals surface area contributed by atoms with Gasteiger partial charge in [-0.3, -0.25) is 19.9 Å². The van der Waals surface area contributed by atoms with Crippen molar-refractivity contribution in [3.05, 3.63) is 64.5 Å². The summed E-state index contributed by atoms with van der Waals surface area (Å²) in [5.74, 6) is -0.364. The van der Waals surface area contributed by atoms with Gasteiger partial charge in [-0.25, -0.2) is 5.43 Å². The predicted octanol–water partition coefficient (Wildman–Crippen LogP) is 1.55. The molecule has 1 heterocycles. The number of benzene rings is 1. The molecule has 0 aliphatic heterocycles. The van der Waals surface area contributed by atoms with E-state index in [9.17, 15) is 14.9 Å². The number of hydrogen-bond donors (Lipinski definition) is 2. The first-order valence-corrected chi connectivity index (χ1v) is 6.35. The predicted molar refractivity (Wildman–Crippen MR) is 81.6 cm³/mol. The highest BCUT2D eigenvalue weighted by Gasteiger charge is 2.06. The lowest BCUT2D eigenvalue weighted by Crippen LogP contribution is -2.25. The van der Waals surface area contributed by atoms with E-state index < -0.39 is 4.92 Å². The van der Waals surface area contributed by atoms with Crippen molar-refractivity contribution < 1.29 is 9.72 Å². The van der Waals surface area contributed by atoms with Crippen LogP contribution >= 0.6 is 0 Å². The molecular weight excluding hydrogens is 286 g/mol. The van der Waals surface area contributed by atoms with Crippen molar-refractivity contribution >= 4 is 23.5 Å². The second kappa shape index (κ2) is 7.48. The van der Waals surface area contributed by atoms with Gasteiger partial charge < -0.3 is 5.32 Å². The summed E-state index contributed by atoms with van der Waals surface area (Å²) < 4.78 is 0. The highest BCUT2D eigenvalue weighted by molar-refractivity contribution is 5.84. The number of amides is 1. The molecule has 0 fully saturated rings. The molecule has 0 aliphatic rings. The van der Waals surface area contributed by atoms with E-state index in [2.05, 4.69) is 20.8 Å². The zero-order chi connectivity index (χ0) is 15.8. The Morgan fingerprint density at radius 1 is 1.32 bits per heavy atom. The summed E-state index contributed by atoms with van der Waals surface area (Å²) in [5.41, 5.74) is 3.61. The topological polar surface area (TPSA) is 110 Å². The number of hydrogen-bond acceptors (Lipinski definition) is 6. The Balaban J connectivity index is 1.82. The SMILES string of the molecule is O=C(CNc1cccc([N+](=O)[O-])c1)N/N=C/c1ccncc1. The van der Waals surface area contributed by atoms with Crippen molar-refractivity contribution in [1.82, 2.24) is 10.4 Å². The smallest absolute Gasteiger partial charge is 0.271 e.